The summed E-state index contributed by atoms with van der Waals surface area (Å²) in [6, 6.07) is 6.90. The van der Waals surface area contributed by atoms with Crippen LogP contribution in [0, 0.1) is 0 Å². The van der Waals surface area contributed by atoms with E-state index < -0.39 is 0 Å². The number of carbonyl (C=O) groups is 2. The van der Waals surface area contributed by atoms with Crippen LogP contribution in [0.15, 0.2) is 24.3 Å². The molecular weight excluding hydrogens is 256 g/mol. The minimum atomic E-state index is -0.334. The molecule has 0 aliphatic rings. The molecule has 20 heavy (non-hydrogen) atoms. The van der Waals surface area contributed by atoms with E-state index in [9.17, 15) is 9.59 Å². The van der Waals surface area contributed by atoms with Crippen LogP contribution in [0.3, 0.4) is 0 Å². The highest BCUT2D eigenvalue weighted by Gasteiger charge is 2.18. The van der Waals surface area contributed by atoms with Gasteiger partial charge in [-0.1, -0.05) is 12.1 Å². The summed E-state index contributed by atoms with van der Waals surface area (Å²) >= 11 is 0. The fourth-order valence-corrected chi connectivity index (χ4v) is 1.58. The van der Waals surface area contributed by atoms with Crippen LogP contribution in [0.25, 0.3) is 0 Å². The SMILES string of the molecule is CCOCC(=O)Nc1ccccc1C(=O)NC(C)(C)C. The summed E-state index contributed by atoms with van der Waals surface area (Å²) in [5, 5.41) is 5.56. The van der Waals surface area contributed by atoms with Gasteiger partial charge in [-0.25, -0.2) is 0 Å². The fraction of sp³-hybridized carbons (Fsp3) is 0.467. The summed E-state index contributed by atoms with van der Waals surface area (Å²) in [5.74, 6) is -0.493. The molecule has 5 nitrogen and oxygen atoms in total. The highest BCUT2D eigenvalue weighted by atomic mass is 16.5. The molecule has 2 N–H and O–H groups in total. The van der Waals surface area contributed by atoms with Crippen LogP contribution < -0.4 is 10.6 Å². The quantitative estimate of drug-likeness (QED) is 0.867. The molecule has 0 atom stereocenters. The molecule has 5 heteroatoms. The summed E-state index contributed by atoms with van der Waals surface area (Å²) < 4.78 is 5.04. The molecule has 110 valence electrons. The van der Waals surface area contributed by atoms with Gasteiger partial charge in [-0.3, -0.25) is 9.59 Å². The van der Waals surface area contributed by atoms with Crippen molar-refractivity contribution < 1.29 is 14.3 Å². The van der Waals surface area contributed by atoms with E-state index in [1.165, 1.54) is 0 Å². The predicted octanol–water partition coefficient (Wildman–Crippen LogP) is 2.19. The Kier molecular flexibility index (Phi) is 5.70. The minimum Gasteiger partial charge on any atom is -0.372 e. The molecule has 2 amide bonds. The molecule has 0 saturated heterocycles. The first-order valence-corrected chi connectivity index (χ1v) is 6.62. The van der Waals surface area contributed by atoms with Crippen molar-refractivity contribution >= 4 is 17.5 Å². The average Bonchev–Trinajstić information content (AvgIpc) is 2.35. The molecule has 1 aromatic carbocycles. The number of amides is 2. The van der Waals surface area contributed by atoms with E-state index in [0.717, 1.165) is 0 Å². The van der Waals surface area contributed by atoms with Crippen LogP contribution in [0.5, 0.6) is 0 Å². The van der Waals surface area contributed by atoms with E-state index in [1.807, 2.05) is 27.7 Å². The third-order valence-corrected chi connectivity index (χ3v) is 2.37. The van der Waals surface area contributed by atoms with Crippen LogP contribution >= 0.6 is 0 Å². The third-order valence-electron chi connectivity index (χ3n) is 2.37. The second-order valence-electron chi connectivity index (χ2n) is 5.44. The second kappa shape index (κ2) is 7.05. The lowest BCUT2D eigenvalue weighted by Crippen LogP contribution is -2.41. The first kappa shape index (κ1) is 16.2. The van der Waals surface area contributed by atoms with Gasteiger partial charge >= 0.3 is 0 Å². The van der Waals surface area contributed by atoms with Gasteiger partial charge in [0, 0.05) is 12.1 Å². The van der Waals surface area contributed by atoms with E-state index in [4.69, 9.17) is 4.74 Å². The second-order valence-corrected chi connectivity index (χ2v) is 5.44. The summed E-state index contributed by atoms with van der Waals surface area (Å²) in [4.78, 5) is 23.8. The lowest BCUT2D eigenvalue weighted by atomic mass is 10.1. The minimum absolute atomic E-state index is 0.0221. The van der Waals surface area contributed by atoms with E-state index >= 15 is 0 Å². The van der Waals surface area contributed by atoms with Crippen molar-refractivity contribution in [1.29, 1.82) is 0 Å². The summed E-state index contributed by atoms with van der Waals surface area (Å²) in [7, 11) is 0. The molecule has 1 aromatic rings. The largest absolute Gasteiger partial charge is 0.372 e. The van der Waals surface area contributed by atoms with Gasteiger partial charge in [-0.15, -0.1) is 0 Å². The Morgan fingerprint density at radius 3 is 2.45 bits per heavy atom. The zero-order valence-corrected chi connectivity index (χ0v) is 12.4. The Balaban J connectivity index is 2.83. The predicted molar refractivity (Wildman–Crippen MR) is 78.8 cm³/mol. The van der Waals surface area contributed by atoms with Crippen LogP contribution in [0.2, 0.25) is 0 Å². The van der Waals surface area contributed by atoms with E-state index in [-0.39, 0.29) is 24.0 Å². The normalized spacial score (nSPS) is 11.0. The van der Waals surface area contributed by atoms with Gasteiger partial charge in [-0.2, -0.15) is 0 Å². The number of para-hydroxylation sites is 1. The standard InChI is InChI=1S/C15H22N2O3/c1-5-20-10-13(18)16-12-9-7-6-8-11(12)14(19)17-15(2,3)4/h6-9H,5,10H2,1-4H3,(H,16,18)(H,17,19). The molecular formula is C15H22N2O3. The highest BCUT2D eigenvalue weighted by Crippen LogP contribution is 2.16. The van der Waals surface area contributed by atoms with Crippen LogP contribution in [-0.4, -0.2) is 30.6 Å². The molecule has 0 fully saturated rings. The molecule has 0 saturated carbocycles. The Morgan fingerprint density at radius 2 is 1.85 bits per heavy atom. The van der Waals surface area contributed by atoms with E-state index in [0.29, 0.717) is 17.9 Å². The zero-order valence-electron chi connectivity index (χ0n) is 12.4. The Labute approximate surface area is 119 Å². The van der Waals surface area contributed by atoms with Crippen LogP contribution in [0.4, 0.5) is 5.69 Å². The summed E-state index contributed by atoms with van der Waals surface area (Å²) in [6.45, 7) is 7.98. The molecule has 0 unspecified atom stereocenters. The van der Waals surface area contributed by atoms with Crippen molar-refractivity contribution in [3.8, 4) is 0 Å². The van der Waals surface area contributed by atoms with Gasteiger partial charge in [0.1, 0.15) is 6.61 Å². The first-order valence-electron chi connectivity index (χ1n) is 6.62. The van der Waals surface area contributed by atoms with Gasteiger partial charge < -0.3 is 15.4 Å². The lowest BCUT2D eigenvalue weighted by molar-refractivity contribution is -0.120. The maximum absolute atomic E-state index is 12.2. The van der Waals surface area contributed by atoms with Crippen LogP contribution in [0.1, 0.15) is 38.1 Å². The lowest BCUT2D eigenvalue weighted by Gasteiger charge is -2.21. The highest BCUT2D eigenvalue weighted by molar-refractivity contribution is 6.04. The molecule has 0 bridgehead atoms. The third kappa shape index (κ3) is 5.40. The van der Waals surface area contributed by atoms with Gasteiger partial charge in [0.15, 0.2) is 0 Å². The van der Waals surface area contributed by atoms with Gasteiger partial charge in [-0.05, 0) is 39.8 Å². The number of hydrogen-bond acceptors (Lipinski definition) is 3. The fourth-order valence-electron chi connectivity index (χ4n) is 1.58. The number of nitrogens with one attached hydrogen (secondary N) is 2. The number of ether oxygens (including phenoxy) is 1. The van der Waals surface area contributed by atoms with Crippen molar-refractivity contribution in [3.63, 3.8) is 0 Å². The molecule has 0 spiro atoms. The maximum atomic E-state index is 12.2. The van der Waals surface area contributed by atoms with Gasteiger partial charge in [0.25, 0.3) is 5.91 Å². The molecule has 0 radical (unpaired) electrons. The van der Waals surface area contributed by atoms with Crippen molar-refractivity contribution in [3.05, 3.63) is 29.8 Å². The average molecular weight is 278 g/mol. The van der Waals surface area contributed by atoms with Crippen molar-refractivity contribution in [2.75, 3.05) is 18.5 Å². The number of benzene rings is 1. The van der Waals surface area contributed by atoms with Crippen molar-refractivity contribution in [1.82, 2.24) is 5.32 Å². The number of hydrogen-bond donors (Lipinski definition) is 2. The number of carbonyl (C=O) groups excluding carboxylic acids is 2. The molecule has 0 aliphatic carbocycles. The van der Waals surface area contributed by atoms with Crippen molar-refractivity contribution in [2.45, 2.75) is 33.2 Å². The maximum Gasteiger partial charge on any atom is 0.253 e. The summed E-state index contributed by atoms with van der Waals surface area (Å²) in [6.07, 6.45) is 0. The topological polar surface area (TPSA) is 67.4 Å². The van der Waals surface area contributed by atoms with E-state index in [1.54, 1.807) is 24.3 Å². The molecule has 0 aromatic heterocycles. The Morgan fingerprint density at radius 1 is 1.20 bits per heavy atom. The smallest absolute Gasteiger partial charge is 0.253 e. The Bertz CT molecular complexity index is 478. The first-order chi connectivity index (χ1) is 9.33. The molecule has 0 aliphatic heterocycles. The van der Waals surface area contributed by atoms with Crippen molar-refractivity contribution in [2.24, 2.45) is 0 Å². The zero-order chi connectivity index (χ0) is 15.2. The van der Waals surface area contributed by atoms with Gasteiger partial charge in [0.2, 0.25) is 5.91 Å². The summed E-state index contributed by atoms with van der Waals surface area (Å²) in [5.41, 5.74) is 0.589. The van der Waals surface area contributed by atoms with Crippen LogP contribution in [-0.2, 0) is 9.53 Å². The molecule has 1 rings (SSSR count). The molecule has 0 heterocycles. The van der Waals surface area contributed by atoms with Gasteiger partial charge in [0.05, 0.1) is 11.3 Å². The number of rotatable bonds is 5. The van der Waals surface area contributed by atoms with E-state index in [2.05, 4.69) is 10.6 Å². The number of anilines is 1. The Hall–Kier alpha value is -1.88. The monoisotopic (exact) mass is 278 g/mol.